The molecule has 2 aromatic heterocycles. The Bertz CT molecular complexity index is 551. The number of nitrogens with zero attached hydrogens (tertiary/aromatic N) is 2. The molecule has 0 aliphatic carbocycles. The Kier molecular flexibility index (Phi) is 4.94. The van der Waals surface area contributed by atoms with Gasteiger partial charge in [0.15, 0.2) is 0 Å². The minimum atomic E-state index is 0.0274. The molecule has 0 radical (unpaired) electrons. The zero-order valence-corrected chi connectivity index (χ0v) is 14.5. The van der Waals surface area contributed by atoms with Crippen LogP contribution >= 0.6 is 22.9 Å². The van der Waals surface area contributed by atoms with Gasteiger partial charge in [-0.15, -0.1) is 16.4 Å². The van der Waals surface area contributed by atoms with Gasteiger partial charge in [-0.1, -0.05) is 32.2 Å². The molecule has 110 valence electrons. The number of thiophene rings is 1. The van der Waals surface area contributed by atoms with Crippen LogP contribution in [0, 0.1) is 6.92 Å². The third-order valence-corrected chi connectivity index (χ3v) is 5.12. The second-order valence-electron chi connectivity index (χ2n) is 6.09. The molecule has 2 rings (SSSR count). The molecule has 0 amide bonds. The lowest BCUT2D eigenvalue weighted by Gasteiger charge is -2.22. The normalized spacial score (nSPS) is 13.7. The van der Waals surface area contributed by atoms with Crippen LogP contribution in [-0.2, 0) is 5.41 Å². The largest absolute Gasteiger partial charge is 0.305 e. The van der Waals surface area contributed by atoms with Gasteiger partial charge in [0.1, 0.15) is 0 Å². The minimum Gasteiger partial charge on any atom is -0.305 e. The fourth-order valence-corrected chi connectivity index (χ4v) is 4.22. The summed E-state index contributed by atoms with van der Waals surface area (Å²) >= 11 is 3.34. The van der Waals surface area contributed by atoms with E-state index in [9.17, 15) is 0 Å². The Labute approximate surface area is 129 Å². The van der Waals surface area contributed by atoms with Crippen molar-refractivity contribution in [2.24, 2.45) is 0 Å². The van der Waals surface area contributed by atoms with Gasteiger partial charge in [0.2, 0.25) is 0 Å². The Morgan fingerprint density at radius 1 is 1.30 bits per heavy atom. The van der Waals surface area contributed by atoms with Crippen molar-refractivity contribution in [2.45, 2.75) is 52.5 Å². The number of aryl methyl sites for hydroxylation is 1. The number of hydrogen-bond acceptors (Lipinski definition) is 5. The van der Waals surface area contributed by atoms with Gasteiger partial charge in [0, 0.05) is 10.3 Å². The lowest BCUT2D eigenvalue weighted by Crippen LogP contribution is -2.25. The molecular weight excluding hydrogens is 286 g/mol. The highest BCUT2D eigenvalue weighted by Gasteiger charge is 2.29. The van der Waals surface area contributed by atoms with Gasteiger partial charge in [-0.2, -0.15) is 0 Å². The zero-order valence-electron chi connectivity index (χ0n) is 12.9. The highest BCUT2D eigenvalue weighted by Crippen LogP contribution is 2.36. The van der Waals surface area contributed by atoms with Crippen molar-refractivity contribution in [1.29, 1.82) is 0 Å². The first-order valence-electron chi connectivity index (χ1n) is 7.05. The van der Waals surface area contributed by atoms with Gasteiger partial charge < -0.3 is 5.32 Å². The van der Waals surface area contributed by atoms with E-state index in [0.29, 0.717) is 0 Å². The van der Waals surface area contributed by atoms with Crippen molar-refractivity contribution < 1.29 is 0 Å². The van der Waals surface area contributed by atoms with Crippen molar-refractivity contribution in [3.05, 3.63) is 32.5 Å². The quantitative estimate of drug-likeness (QED) is 0.895. The molecule has 0 aromatic carbocycles. The Morgan fingerprint density at radius 2 is 2.05 bits per heavy atom. The number of aromatic nitrogens is 2. The van der Waals surface area contributed by atoms with Crippen molar-refractivity contribution in [2.75, 3.05) is 6.54 Å². The summed E-state index contributed by atoms with van der Waals surface area (Å²) in [6.45, 7) is 12.0. The molecule has 0 saturated carbocycles. The molecule has 2 aromatic rings. The molecular formula is C15H23N3S2. The van der Waals surface area contributed by atoms with E-state index in [2.05, 4.69) is 61.0 Å². The first-order valence-corrected chi connectivity index (χ1v) is 8.70. The van der Waals surface area contributed by atoms with E-state index in [1.807, 2.05) is 11.3 Å². The molecule has 0 saturated heterocycles. The van der Waals surface area contributed by atoms with Crippen molar-refractivity contribution in [3.63, 3.8) is 0 Å². The Balaban J connectivity index is 2.42. The summed E-state index contributed by atoms with van der Waals surface area (Å²) in [7, 11) is 0. The van der Waals surface area contributed by atoms with Crippen LogP contribution in [-0.4, -0.2) is 16.1 Å². The van der Waals surface area contributed by atoms with Crippen molar-refractivity contribution >= 4 is 22.9 Å². The number of rotatable bonds is 5. The molecule has 1 N–H and O–H groups in total. The average molecular weight is 310 g/mol. The van der Waals surface area contributed by atoms with Crippen LogP contribution in [0.25, 0.3) is 0 Å². The predicted octanol–water partition coefficient (Wildman–Crippen LogP) is 4.29. The summed E-state index contributed by atoms with van der Waals surface area (Å²) in [6, 6.07) is 2.41. The van der Waals surface area contributed by atoms with E-state index in [0.717, 1.165) is 18.7 Å². The molecule has 1 unspecified atom stereocenters. The van der Waals surface area contributed by atoms with Gasteiger partial charge in [-0.3, -0.25) is 0 Å². The summed E-state index contributed by atoms with van der Waals surface area (Å²) in [6.07, 6.45) is 1.12. The molecule has 3 nitrogen and oxygen atoms in total. The molecule has 0 aliphatic heterocycles. The molecule has 0 fully saturated rings. The maximum atomic E-state index is 4.39. The maximum Gasteiger partial charge on any atom is 0.0860 e. The highest BCUT2D eigenvalue weighted by molar-refractivity contribution is 7.10. The SMILES string of the molecule is CCCNC(c1sccc1C)c1snnc1C(C)(C)C. The predicted molar refractivity (Wildman–Crippen MR) is 87.8 cm³/mol. The zero-order chi connectivity index (χ0) is 14.8. The fraction of sp³-hybridized carbons (Fsp3) is 0.600. The van der Waals surface area contributed by atoms with Gasteiger partial charge >= 0.3 is 0 Å². The van der Waals surface area contributed by atoms with Gasteiger partial charge in [0.05, 0.1) is 16.6 Å². The van der Waals surface area contributed by atoms with Crippen LogP contribution in [0.5, 0.6) is 0 Å². The Morgan fingerprint density at radius 3 is 2.60 bits per heavy atom. The van der Waals surface area contributed by atoms with Crippen LogP contribution in [0.3, 0.4) is 0 Å². The third-order valence-electron chi connectivity index (χ3n) is 3.25. The van der Waals surface area contributed by atoms with Crippen molar-refractivity contribution in [1.82, 2.24) is 14.9 Å². The van der Waals surface area contributed by atoms with Gasteiger partial charge in [-0.05, 0) is 48.4 Å². The van der Waals surface area contributed by atoms with E-state index >= 15 is 0 Å². The van der Waals surface area contributed by atoms with E-state index in [4.69, 9.17) is 0 Å². The summed E-state index contributed by atoms with van der Waals surface area (Å²) in [4.78, 5) is 2.64. The van der Waals surface area contributed by atoms with E-state index in [-0.39, 0.29) is 11.5 Å². The van der Waals surface area contributed by atoms with Crippen molar-refractivity contribution in [3.8, 4) is 0 Å². The van der Waals surface area contributed by atoms with Crippen LogP contribution in [0.15, 0.2) is 11.4 Å². The number of nitrogens with one attached hydrogen (secondary N) is 1. The van der Waals surface area contributed by atoms with Gasteiger partial charge in [-0.25, -0.2) is 0 Å². The summed E-state index contributed by atoms with van der Waals surface area (Å²) in [5.74, 6) is 0. The average Bonchev–Trinajstić information content (AvgIpc) is 2.99. The van der Waals surface area contributed by atoms with E-state index in [1.54, 1.807) is 0 Å². The summed E-state index contributed by atoms with van der Waals surface area (Å²) in [5, 5.41) is 10.2. The van der Waals surface area contributed by atoms with E-state index < -0.39 is 0 Å². The minimum absolute atomic E-state index is 0.0274. The lowest BCUT2D eigenvalue weighted by molar-refractivity contribution is 0.539. The molecule has 0 spiro atoms. The highest BCUT2D eigenvalue weighted by atomic mass is 32.1. The second-order valence-corrected chi connectivity index (χ2v) is 7.82. The molecule has 20 heavy (non-hydrogen) atoms. The van der Waals surface area contributed by atoms with Crippen LogP contribution in [0.1, 0.15) is 61.2 Å². The summed E-state index contributed by atoms with van der Waals surface area (Å²) < 4.78 is 4.21. The molecule has 5 heteroatoms. The number of hydrogen-bond donors (Lipinski definition) is 1. The molecule has 2 heterocycles. The van der Waals surface area contributed by atoms with Crippen LogP contribution in [0.2, 0.25) is 0 Å². The fourth-order valence-electron chi connectivity index (χ4n) is 2.18. The maximum absolute atomic E-state index is 4.39. The van der Waals surface area contributed by atoms with Crippen LogP contribution < -0.4 is 5.32 Å². The molecule has 1 atom stereocenters. The lowest BCUT2D eigenvalue weighted by atomic mass is 9.89. The Hall–Kier alpha value is -0.780. The van der Waals surface area contributed by atoms with E-state index in [1.165, 1.54) is 26.9 Å². The monoisotopic (exact) mass is 309 g/mol. The van der Waals surface area contributed by atoms with Gasteiger partial charge in [0.25, 0.3) is 0 Å². The molecule has 0 bridgehead atoms. The second kappa shape index (κ2) is 6.33. The third kappa shape index (κ3) is 3.27. The standard InChI is InChI=1S/C15H23N3S2/c1-6-8-16-11(12-10(2)7-9-19-12)13-14(15(3,4)5)17-18-20-13/h7,9,11,16H,6,8H2,1-5H3. The van der Waals surface area contributed by atoms with Crippen LogP contribution in [0.4, 0.5) is 0 Å². The smallest absolute Gasteiger partial charge is 0.0860 e. The summed E-state index contributed by atoms with van der Waals surface area (Å²) in [5.41, 5.74) is 2.49. The first-order chi connectivity index (χ1) is 9.45. The topological polar surface area (TPSA) is 37.8 Å². The molecule has 0 aliphatic rings. The first kappa shape index (κ1) is 15.6.